The van der Waals surface area contributed by atoms with Crippen LogP contribution in [0.3, 0.4) is 0 Å². The van der Waals surface area contributed by atoms with Gasteiger partial charge >= 0.3 is 0 Å². The summed E-state index contributed by atoms with van der Waals surface area (Å²) in [7, 11) is 1.55. The molecule has 184 valence electrons. The van der Waals surface area contributed by atoms with Gasteiger partial charge in [0, 0.05) is 35.1 Å². The molecule has 0 saturated carbocycles. The van der Waals surface area contributed by atoms with E-state index < -0.39 is 0 Å². The van der Waals surface area contributed by atoms with Crippen LogP contribution in [0.25, 0.3) is 10.8 Å². The van der Waals surface area contributed by atoms with Gasteiger partial charge in [0.05, 0.1) is 24.4 Å². The van der Waals surface area contributed by atoms with Crippen molar-refractivity contribution in [3.63, 3.8) is 0 Å². The Morgan fingerprint density at radius 2 is 1.97 bits per heavy atom. The van der Waals surface area contributed by atoms with Crippen LogP contribution in [0, 0.1) is 0 Å². The van der Waals surface area contributed by atoms with Crippen molar-refractivity contribution in [1.82, 2.24) is 9.88 Å². The highest BCUT2D eigenvalue weighted by atomic mass is 16.5. The van der Waals surface area contributed by atoms with Crippen LogP contribution in [0.15, 0.2) is 30.5 Å². The summed E-state index contributed by atoms with van der Waals surface area (Å²) in [4.78, 5) is 37.6. The average molecular weight is 479 g/mol. The number of hydrogen-bond acceptors (Lipinski definition) is 6. The lowest BCUT2D eigenvalue weighted by Crippen LogP contribution is -2.28. The fourth-order valence-corrected chi connectivity index (χ4v) is 4.20. The zero-order valence-corrected chi connectivity index (χ0v) is 20.6. The Hall–Kier alpha value is -4.01. The maximum absolute atomic E-state index is 13.4. The Kier molecular flexibility index (Phi) is 6.19. The molecule has 0 atom stereocenters. The number of nitrogen functional groups attached to an aromatic ring is 1. The minimum absolute atomic E-state index is 0.0169. The molecular weight excluding hydrogens is 448 g/mol. The topological polar surface area (TPSA) is 125 Å². The van der Waals surface area contributed by atoms with Crippen LogP contribution in [-0.4, -0.2) is 42.4 Å². The van der Waals surface area contributed by atoms with E-state index in [1.807, 2.05) is 33.8 Å². The predicted molar refractivity (Wildman–Crippen MR) is 135 cm³/mol. The zero-order valence-electron chi connectivity index (χ0n) is 20.6. The van der Waals surface area contributed by atoms with Gasteiger partial charge in [0.15, 0.2) is 12.4 Å². The lowest BCUT2D eigenvalue weighted by atomic mass is 9.84. The van der Waals surface area contributed by atoms with Crippen LogP contribution < -0.4 is 25.8 Å². The van der Waals surface area contributed by atoms with Gasteiger partial charge in [0.2, 0.25) is 0 Å². The third-order valence-electron chi connectivity index (χ3n) is 5.96. The van der Waals surface area contributed by atoms with E-state index in [2.05, 4.69) is 10.6 Å². The summed E-state index contributed by atoms with van der Waals surface area (Å²) >= 11 is 0. The summed E-state index contributed by atoms with van der Waals surface area (Å²) < 4.78 is 13.0. The first-order valence-corrected chi connectivity index (χ1v) is 11.4. The third kappa shape index (κ3) is 4.53. The molecule has 1 aliphatic heterocycles. The van der Waals surface area contributed by atoms with Crippen molar-refractivity contribution >= 4 is 39.9 Å². The van der Waals surface area contributed by atoms with Crippen molar-refractivity contribution in [3.8, 4) is 11.5 Å². The number of hydrogen-bond donors (Lipinski definition) is 3. The Labute approximate surface area is 203 Å². The summed E-state index contributed by atoms with van der Waals surface area (Å²) in [5.41, 5.74) is 8.21. The van der Waals surface area contributed by atoms with Crippen molar-refractivity contribution in [3.05, 3.63) is 47.2 Å². The molecule has 4 rings (SSSR count). The maximum atomic E-state index is 13.4. The van der Waals surface area contributed by atoms with Crippen molar-refractivity contribution in [2.45, 2.75) is 39.7 Å². The van der Waals surface area contributed by atoms with E-state index in [1.54, 1.807) is 36.0 Å². The Morgan fingerprint density at radius 1 is 1.23 bits per heavy atom. The highest BCUT2D eigenvalue weighted by Crippen LogP contribution is 2.40. The van der Waals surface area contributed by atoms with Gasteiger partial charge in [0.1, 0.15) is 17.3 Å². The van der Waals surface area contributed by atoms with Gasteiger partial charge in [-0.15, -0.1) is 0 Å². The van der Waals surface area contributed by atoms with Gasteiger partial charge in [-0.3, -0.25) is 14.4 Å². The standard InChI is InChI=1S/C26H30N4O5/c1-6-34-21-9-15-11-30(24(27)16(15)10-17(21)25(33)28-5)12-20(31)14-7-18(26(2,3)4)23-19(8-14)29-22(32)13-35-23/h7-11H,6,12-13,27H2,1-5H3,(H,28,33)(H,29,32). The molecule has 0 spiro atoms. The molecule has 0 saturated heterocycles. The minimum atomic E-state index is -0.310. The number of nitrogens with two attached hydrogens (primary N) is 1. The van der Waals surface area contributed by atoms with Gasteiger partial charge in [-0.05, 0) is 36.6 Å². The molecule has 0 unspecified atom stereocenters. The number of aromatic nitrogens is 1. The normalized spacial score (nSPS) is 13.1. The van der Waals surface area contributed by atoms with E-state index in [-0.39, 0.29) is 36.2 Å². The number of nitrogens with one attached hydrogen (secondary N) is 2. The SMILES string of the molecule is CCOc1cc2cn(CC(=O)c3cc4c(c(C(C)(C)C)c3)OCC(=O)N4)c(N)c2cc1C(=O)NC. The molecule has 2 amide bonds. The molecule has 9 nitrogen and oxygen atoms in total. The molecular formula is C26H30N4O5. The molecule has 4 N–H and O–H groups in total. The molecule has 0 radical (unpaired) electrons. The number of nitrogens with zero attached hydrogens (tertiary/aromatic N) is 1. The highest BCUT2D eigenvalue weighted by Gasteiger charge is 2.28. The van der Waals surface area contributed by atoms with Gasteiger partial charge in [0.25, 0.3) is 11.8 Å². The number of rotatable bonds is 6. The molecule has 2 heterocycles. The molecule has 9 heteroatoms. The maximum Gasteiger partial charge on any atom is 0.262 e. The van der Waals surface area contributed by atoms with Crippen molar-refractivity contribution in [2.75, 3.05) is 31.3 Å². The second-order valence-electron chi connectivity index (χ2n) is 9.50. The number of ether oxygens (including phenoxy) is 2. The van der Waals surface area contributed by atoms with E-state index in [0.29, 0.717) is 46.1 Å². The Morgan fingerprint density at radius 3 is 2.63 bits per heavy atom. The fourth-order valence-electron chi connectivity index (χ4n) is 4.20. The molecule has 0 aliphatic carbocycles. The Bertz CT molecular complexity index is 1350. The summed E-state index contributed by atoms with van der Waals surface area (Å²) in [5.74, 6) is 0.675. The van der Waals surface area contributed by atoms with Crippen LogP contribution in [-0.2, 0) is 16.8 Å². The van der Waals surface area contributed by atoms with E-state index in [1.165, 1.54) is 0 Å². The highest BCUT2D eigenvalue weighted by molar-refractivity contribution is 6.05. The summed E-state index contributed by atoms with van der Waals surface area (Å²) in [5, 5.41) is 6.83. The number of ketones is 1. The van der Waals surface area contributed by atoms with Gasteiger partial charge in [-0.25, -0.2) is 0 Å². The van der Waals surface area contributed by atoms with E-state index >= 15 is 0 Å². The smallest absolute Gasteiger partial charge is 0.262 e. The number of anilines is 2. The van der Waals surface area contributed by atoms with Crippen LogP contribution in [0.5, 0.6) is 11.5 Å². The monoisotopic (exact) mass is 478 g/mol. The zero-order chi connectivity index (χ0) is 25.5. The lowest BCUT2D eigenvalue weighted by molar-refractivity contribution is -0.118. The second-order valence-corrected chi connectivity index (χ2v) is 9.50. The van der Waals surface area contributed by atoms with E-state index in [0.717, 1.165) is 10.9 Å². The molecule has 35 heavy (non-hydrogen) atoms. The Balaban J connectivity index is 1.73. The van der Waals surface area contributed by atoms with Crippen LogP contribution in [0.2, 0.25) is 0 Å². The second kappa shape index (κ2) is 8.98. The molecule has 3 aromatic rings. The number of carbonyl (C=O) groups excluding carboxylic acids is 3. The molecule has 0 bridgehead atoms. The first-order valence-electron chi connectivity index (χ1n) is 11.4. The number of benzene rings is 2. The third-order valence-corrected chi connectivity index (χ3v) is 5.96. The largest absolute Gasteiger partial charge is 0.493 e. The minimum Gasteiger partial charge on any atom is -0.493 e. The van der Waals surface area contributed by atoms with Gasteiger partial charge in [-0.1, -0.05) is 20.8 Å². The summed E-state index contributed by atoms with van der Waals surface area (Å²) in [6.07, 6.45) is 1.77. The lowest BCUT2D eigenvalue weighted by Gasteiger charge is -2.28. The van der Waals surface area contributed by atoms with Crippen LogP contribution in [0.4, 0.5) is 11.5 Å². The summed E-state index contributed by atoms with van der Waals surface area (Å²) in [6.45, 7) is 8.23. The van der Waals surface area contributed by atoms with E-state index in [9.17, 15) is 14.4 Å². The van der Waals surface area contributed by atoms with Crippen molar-refractivity contribution in [2.24, 2.45) is 0 Å². The van der Waals surface area contributed by atoms with E-state index in [4.69, 9.17) is 15.2 Å². The first-order chi connectivity index (χ1) is 16.5. The van der Waals surface area contributed by atoms with Crippen LogP contribution in [0.1, 0.15) is 54.0 Å². The molecule has 1 aromatic heterocycles. The molecule has 2 aromatic carbocycles. The van der Waals surface area contributed by atoms with Crippen molar-refractivity contribution in [1.29, 1.82) is 0 Å². The number of fused-ring (bicyclic) bond motifs is 2. The number of amides is 2. The molecule has 1 aliphatic rings. The average Bonchev–Trinajstić information content (AvgIpc) is 3.10. The number of carbonyl (C=O) groups is 3. The molecule has 0 fully saturated rings. The quantitative estimate of drug-likeness (QED) is 0.466. The predicted octanol–water partition coefficient (Wildman–Crippen LogP) is 3.49. The van der Waals surface area contributed by atoms with Gasteiger partial charge < -0.3 is 30.4 Å². The first kappa shape index (κ1) is 24.1. The van der Waals surface area contributed by atoms with Gasteiger partial charge in [-0.2, -0.15) is 0 Å². The fraction of sp³-hybridized carbons (Fsp3) is 0.346. The number of Topliss-reactive ketones (excluding diaryl/α,β-unsaturated/α-hetero) is 1. The summed E-state index contributed by atoms with van der Waals surface area (Å²) in [6, 6.07) is 6.89. The van der Waals surface area contributed by atoms with Crippen LogP contribution >= 0.6 is 0 Å². The van der Waals surface area contributed by atoms with Crippen molar-refractivity contribution < 1.29 is 23.9 Å².